The van der Waals surface area contributed by atoms with E-state index >= 15 is 0 Å². The number of rotatable bonds is 3. The molecule has 4 heteroatoms. The van der Waals surface area contributed by atoms with Crippen LogP contribution in [0, 0.1) is 27.7 Å². The third-order valence-electron chi connectivity index (χ3n) is 7.01. The number of fused-ring (bicyclic) bond motifs is 2. The molecule has 2 aliphatic rings. The van der Waals surface area contributed by atoms with Crippen LogP contribution < -0.4 is 24.8 Å². The van der Waals surface area contributed by atoms with E-state index in [1.165, 1.54) is 22.3 Å². The van der Waals surface area contributed by atoms with Crippen LogP contribution in [0.15, 0.2) is 35.4 Å². The minimum atomic E-state index is -2.07. The Morgan fingerprint density at radius 3 is 1.27 bits per heavy atom. The van der Waals surface area contributed by atoms with Crippen molar-refractivity contribution in [3.05, 3.63) is 79.9 Å². The van der Waals surface area contributed by atoms with Crippen LogP contribution in [0.2, 0.25) is 13.1 Å². The Hall–Kier alpha value is -0.413. The Kier molecular flexibility index (Phi) is 8.28. The first-order chi connectivity index (χ1) is 13.2. The third kappa shape index (κ3) is 4.03. The van der Waals surface area contributed by atoms with Crippen LogP contribution in [0.5, 0.6) is 0 Å². The number of benzene rings is 2. The van der Waals surface area contributed by atoms with E-state index in [1.807, 2.05) is 0 Å². The van der Waals surface area contributed by atoms with Crippen molar-refractivity contribution in [1.82, 2.24) is 0 Å². The van der Waals surface area contributed by atoms with Crippen LogP contribution in [-0.2, 0) is 20.6 Å². The second kappa shape index (κ2) is 9.61. The number of allylic oxidation sites excluding steroid dienone is 2. The fourth-order valence-corrected chi connectivity index (χ4v) is 39.1. The molecule has 2 atom stereocenters. The minimum absolute atomic E-state index is 0. The monoisotopic (exact) mass is 623 g/mol. The van der Waals surface area contributed by atoms with Gasteiger partial charge in [-0.3, -0.25) is 0 Å². The SMILES string of the molecule is CC1=Cc2c(C)ccc(C)c2[CH]1[Hf+2]([CH]1C(C)=Cc2c(C)ccc(C)c21)[SiH](C)C.[Cl-].[Cl-]. The van der Waals surface area contributed by atoms with Gasteiger partial charge in [0.25, 0.3) is 0 Å². The van der Waals surface area contributed by atoms with Gasteiger partial charge in [0.05, 0.1) is 0 Å². The van der Waals surface area contributed by atoms with Crippen LogP contribution in [0.25, 0.3) is 12.2 Å². The van der Waals surface area contributed by atoms with Gasteiger partial charge in [-0.05, 0) is 0 Å². The van der Waals surface area contributed by atoms with Gasteiger partial charge in [-0.15, -0.1) is 0 Å². The van der Waals surface area contributed by atoms with Crippen LogP contribution in [-0.4, -0.2) is 5.98 Å². The van der Waals surface area contributed by atoms with Gasteiger partial charge in [0.1, 0.15) is 0 Å². The number of hydrogen-bond acceptors (Lipinski definition) is 0. The molecule has 0 amide bonds. The third-order valence-corrected chi connectivity index (χ3v) is 38.3. The molecule has 2 aliphatic carbocycles. The Balaban J connectivity index is 0.00000160. The average molecular weight is 623 g/mol. The van der Waals surface area contributed by atoms with Crippen LogP contribution in [0.3, 0.4) is 0 Å². The van der Waals surface area contributed by atoms with Crippen LogP contribution in [0.1, 0.15) is 65.7 Å². The summed E-state index contributed by atoms with van der Waals surface area (Å²) in [4.78, 5) is 0. The first kappa shape index (κ1) is 25.8. The van der Waals surface area contributed by atoms with Crippen molar-refractivity contribution in [2.75, 3.05) is 0 Å². The maximum atomic E-state index is 2.66. The van der Waals surface area contributed by atoms with E-state index in [-0.39, 0.29) is 24.8 Å². The van der Waals surface area contributed by atoms with Gasteiger partial charge in [-0.25, -0.2) is 0 Å². The molecule has 0 saturated heterocycles. The zero-order valence-corrected chi connectivity index (χ0v) is 25.7. The quantitative estimate of drug-likeness (QED) is 0.451. The Bertz CT molecular complexity index is 956. The smallest absolute Gasteiger partial charge is 1.00 e. The molecule has 0 nitrogen and oxygen atoms in total. The topological polar surface area (TPSA) is 0 Å². The molecule has 30 heavy (non-hydrogen) atoms. The van der Waals surface area contributed by atoms with E-state index in [9.17, 15) is 0 Å². The van der Waals surface area contributed by atoms with Crippen molar-refractivity contribution >= 4 is 18.1 Å². The maximum Gasteiger partial charge on any atom is -1.00 e. The number of hydrogen-bond donors (Lipinski definition) is 0. The summed E-state index contributed by atoms with van der Waals surface area (Å²) in [5.41, 5.74) is 15.9. The zero-order valence-electron chi connectivity index (χ0n) is 19.5. The molecule has 4 rings (SSSR count). The number of aryl methyl sites for hydroxylation is 4. The summed E-state index contributed by atoms with van der Waals surface area (Å²) < 4.78 is 1.57. The molecule has 2 aromatic rings. The first-order valence-corrected chi connectivity index (χ1v) is 23.9. The van der Waals surface area contributed by atoms with Crippen LogP contribution in [0.4, 0.5) is 0 Å². The van der Waals surface area contributed by atoms with Gasteiger partial charge in [0.2, 0.25) is 0 Å². The van der Waals surface area contributed by atoms with Gasteiger partial charge in [0.15, 0.2) is 0 Å². The summed E-state index contributed by atoms with van der Waals surface area (Å²) in [6, 6.07) is 9.39. The van der Waals surface area contributed by atoms with E-state index in [2.05, 4.69) is 91.1 Å². The molecular formula is C26H33Cl2HfSi. The van der Waals surface area contributed by atoms with Crippen molar-refractivity contribution in [2.45, 2.75) is 62.0 Å². The molecule has 0 bridgehead atoms. The Morgan fingerprint density at radius 1 is 0.600 bits per heavy atom. The van der Waals surface area contributed by atoms with Crippen molar-refractivity contribution in [3.63, 3.8) is 0 Å². The molecule has 2 aromatic carbocycles. The summed E-state index contributed by atoms with van der Waals surface area (Å²) in [6.45, 7) is 19.5. The van der Waals surface area contributed by atoms with Crippen molar-refractivity contribution < 1.29 is 45.4 Å². The zero-order chi connectivity index (χ0) is 20.3. The maximum absolute atomic E-state index is 2.66. The molecule has 0 saturated carbocycles. The molecule has 159 valence electrons. The van der Waals surface area contributed by atoms with Crippen molar-refractivity contribution in [1.29, 1.82) is 0 Å². The molecule has 2 unspecified atom stereocenters. The average Bonchev–Trinajstić information content (AvgIpc) is 3.15. The molecule has 0 aromatic heterocycles. The predicted octanol–water partition coefficient (Wildman–Crippen LogP) is 1.15. The predicted molar refractivity (Wildman–Crippen MR) is 123 cm³/mol. The summed E-state index contributed by atoms with van der Waals surface area (Å²) in [6.07, 6.45) is 5.09. The summed E-state index contributed by atoms with van der Waals surface area (Å²) >= 11 is -2.07. The van der Waals surface area contributed by atoms with Crippen molar-refractivity contribution in [2.24, 2.45) is 0 Å². The second-order valence-electron chi connectivity index (χ2n) is 9.35. The van der Waals surface area contributed by atoms with E-state index in [0.717, 1.165) is 7.35 Å². The Morgan fingerprint density at radius 2 is 0.933 bits per heavy atom. The molecule has 0 spiro atoms. The summed E-state index contributed by atoms with van der Waals surface area (Å²) in [5.74, 6) is -0.728. The molecule has 0 aliphatic heterocycles. The largest absolute Gasteiger partial charge is 1.00 e. The Labute approximate surface area is 204 Å². The second-order valence-corrected chi connectivity index (χ2v) is 37.3. The number of halogens is 2. The molecule has 0 heterocycles. The first-order valence-electron chi connectivity index (χ1n) is 10.7. The van der Waals surface area contributed by atoms with E-state index in [1.54, 1.807) is 33.4 Å². The summed E-state index contributed by atoms with van der Waals surface area (Å²) in [5, 5.41) is 0. The van der Waals surface area contributed by atoms with Gasteiger partial charge in [-0.2, -0.15) is 0 Å². The molecule has 0 N–H and O–H groups in total. The summed E-state index contributed by atoms with van der Waals surface area (Å²) in [7, 11) is 0. The van der Waals surface area contributed by atoms with Crippen molar-refractivity contribution in [3.8, 4) is 0 Å². The van der Waals surface area contributed by atoms with E-state index in [0.29, 0.717) is 0 Å². The fraction of sp³-hybridized carbons (Fsp3) is 0.385. The van der Waals surface area contributed by atoms with Gasteiger partial charge < -0.3 is 24.8 Å². The van der Waals surface area contributed by atoms with Gasteiger partial charge in [0, 0.05) is 0 Å². The molecule has 0 radical (unpaired) electrons. The normalized spacial score (nSPS) is 18.8. The standard InChI is InChI=1S/2C12H13.C2H7Si.2ClH.Hf/c2*1-8-6-11-9(2)4-5-10(3)12(11)7-8;1-3-2;;;/h2*4-7H,1-3H3;3H,1-2H3;2*1H;/q;;;;;+2/p-2. The van der Waals surface area contributed by atoms with E-state index < -0.39 is 26.6 Å². The molecule has 0 fully saturated rings. The van der Waals surface area contributed by atoms with Gasteiger partial charge in [-0.1, -0.05) is 0 Å². The van der Waals surface area contributed by atoms with Gasteiger partial charge >= 0.3 is 181 Å². The van der Waals surface area contributed by atoms with Crippen LogP contribution >= 0.6 is 0 Å². The van der Waals surface area contributed by atoms with E-state index in [4.69, 9.17) is 0 Å². The molecular weight excluding hydrogens is 590 g/mol. The fourth-order valence-electron chi connectivity index (χ4n) is 5.63. The minimum Gasteiger partial charge on any atom is -1.00 e.